The molecular weight excluding hydrogens is 292 g/mol. The molecule has 21 heavy (non-hydrogen) atoms. The number of hydrogen-bond donors (Lipinski definition) is 0. The Kier molecular flexibility index (Phi) is 7.83. The molecule has 4 nitrogen and oxygen atoms in total. The molecule has 0 bridgehead atoms. The lowest BCUT2D eigenvalue weighted by Crippen LogP contribution is -2.17. The van der Waals surface area contributed by atoms with Crippen LogP contribution in [0, 0.1) is 0 Å². The van der Waals surface area contributed by atoms with Gasteiger partial charge in [-0.05, 0) is 31.5 Å². The summed E-state index contributed by atoms with van der Waals surface area (Å²) in [6.45, 7) is 3.94. The third kappa shape index (κ3) is 7.71. The minimum absolute atomic E-state index is 0.00809. The van der Waals surface area contributed by atoms with E-state index in [2.05, 4.69) is 6.92 Å². The van der Waals surface area contributed by atoms with Crippen molar-refractivity contribution in [2.24, 2.45) is 0 Å². The first-order chi connectivity index (χ1) is 10.0. The summed E-state index contributed by atoms with van der Waals surface area (Å²) in [4.78, 5) is 23.2. The number of carbonyl (C=O) groups is 2. The van der Waals surface area contributed by atoms with Gasteiger partial charge in [-0.25, -0.2) is 0 Å². The molecule has 0 saturated heterocycles. The molecule has 1 aromatic rings. The Morgan fingerprint density at radius 2 is 1.95 bits per heavy atom. The van der Waals surface area contributed by atoms with Gasteiger partial charge in [0, 0.05) is 5.02 Å². The number of hydrogen-bond acceptors (Lipinski definition) is 4. The van der Waals surface area contributed by atoms with Gasteiger partial charge in [0.05, 0.1) is 18.9 Å². The van der Waals surface area contributed by atoms with Crippen LogP contribution in [-0.2, 0) is 14.3 Å². The first-order valence-corrected chi connectivity index (χ1v) is 7.54. The fourth-order valence-corrected chi connectivity index (χ4v) is 1.93. The normalized spacial score (nSPS) is 11.8. The molecule has 0 amide bonds. The van der Waals surface area contributed by atoms with E-state index in [1.54, 1.807) is 24.3 Å². The standard InChI is InChI=1S/C16H21ClO4/c1-3-4-6-12(2)20-15(18)9-10-16(19)21-14-8-5-7-13(17)11-14/h5,7-8,11-12H,3-4,6,9-10H2,1-2H3. The summed E-state index contributed by atoms with van der Waals surface area (Å²) in [6, 6.07) is 6.56. The van der Waals surface area contributed by atoms with Crippen LogP contribution in [0.5, 0.6) is 5.75 Å². The fourth-order valence-electron chi connectivity index (χ4n) is 1.75. The predicted octanol–water partition coefficient (Wildman–Crippen LogP) is 4.15. The highest BCUT2D eigenvalue weighted by molar-refractivity contribution is 6.30. The lowest BCUT2D eigenvalue weighted by molar-refractivity contribution is -0.151. The van der Waals surface area contributed by atoms with Gasteiger partial charge >= 0.3 is 11.9 Å². The van der Waals surface area contributed by atoms with Crippen molar-refractivity contribution in [3.05, 3.63) is 29.3 Å². The van der Waals surface area contributed by atoms with Gasteiger partial charge in [-0.3, -0.25) is 9.59 Å². The fraction of sp³-hybridized carbons (Fsp3) is 0.500. The van der Waals surface area contributed by atoms with Crippen LogP contribution in [0.1, 0.15) is 46.0 Å². The Labute approximate surface area is 130 Å². The third-order valence-electron chi connectivity index (χ3n) is 2.86. The van der Waals surface area contributed by atoms with Gasteiger partial charge in [0.15, 0.2) is 0 Å². The smallest absolute Gasteiger partial charge is 0.311 e. The monoisotopic (exact) mass is 312 g/mol. The summed E-state index contributed by atoms with van der Waals surface area (Å²) in [5.74, 6) is -0.478. The van der Waals surface area contributed by atoms with Crippen LogP contribution in [0.2, 0.25) is 5.02 Å². The third-order valence-corrected chi connectivity index (χ3v) is 3.09. The van der Waals surface area contributed by atoms with Crippen molar-refractivity contribution >= 4 is 23.5 Å². The molecule has 0 radical (unpaired) electrons. The number of rotatable bonds is 8. The van der Waals surface area contributed by atoms with E-state index in [1.165, 1.54) is 0 Å². The molecule has 0 saturated carbocycles. The number of esters is 2. The van der Waals surface area contributed by atoms with Gasteiger partial charge in [-0.1, -0.05) is 37.4 Å². The molecule has 0 aliphatic heterocycles. The maximum Gasteiger partial charge on any atom is 0.311 e. The van der Waals surface area contributed by atoms with E-state index in [-0.39, 0.29) is 24.9 Å². The van der Waals surface area contributed by atoms with Gasteiger partial charge < -0.3 is 9.47 Å². The molecule has 5 heteroatoms. The van der Waals surface area contributed by atoms with Gasteiger partial charge in [0.25, 0.3) is 0 Å². The second-order valence-corrected chi connectivity index (χ2v) is 5.31. The Balaban J connectivity index is 2.27. The van der Waals surface area contributed by atoms with Crippen LogP contribution in [0.3, 0.4) is 0 Å². The molecule has 0 aliphatic carbocycles. The van der Waals surface area contributed by atoms with Crippen LogP contribution >= 0.6 is 11.6 Å². The second-order valence-electron chi connectivity index (χ2n) is 4.87. The minimum Gasteiger partial charge on any atom is -0.463 e. The van der Waals surface area contributed by atoms with Crippen molar-refractivity contribution in [1.82, 2.24) is 0 Å². The topological polar surface area (TPSA) is 52.6 Å². The van der Waals surface area contributed by atoms with E-state index >= 15 is 0 Å². The predicted molar refractivity (Wildman–Crippen MR) is 81.4 cm³/mol. The SMILES string of the molecule is CCCCC(C)OC(=O)CCC(=O)Oc1cccc(Cl)c1. The Morgan fingerprint density at radius 3 is 2.62 bits per heavy atom. The van der Waals surface area contributed by atoms with Crippen molar-refractivity contribution < 1.29 is 19.1 Å². The highest BCUT2D eigenvalue weighted by Crippen LogP contribution is 2.17. The maximum atomic E-state index is 11.6. The average molecular weight is 313 g/mol. The van der Waals surface area contributed by atoms with E-state index in [4.69, 9.17) is 21.1 Å². The van der Waals surface area contributed by atoms with Crippen LogP contribution in [0.25, 0.3) is 0 Å². The lowest BCUT2D eigenvalue weighted by Gasteiger charge is -2.12. The summed E-state index contributed by atoms with van der Waals surface area (Å²) in [5.41, 5.74) is 0. The summed E-state index contributed by atoms with van der Waals surface area (Å²) >= 11 is 5.79. The van der Waals surface area contributed by atoms with Crippen molar-refractivity contribution in [2.45, 2.75) is 52.1 Å². The first kappa shape index (κ1) is 17.5. The molecule has 0 spiro atoms. The average Bonchev–Trinajstić information content (AvgIpc) is 2.43. The van der Waals surface area contributed by atoms with Crippen LogP contribution < -0.4 is 4.74 Å². The summed E-state index contributed by atoms with van der Waals surface area (Å²) < 4.78 is 10.3. The van der Waals surface area contributed by atoms with Crippen LogP contribution in [0.15, 0.2) is 24.3 Å². The number of carbonyl (C=O) groups excluding carboxylic acids is 2. The number of benzene rings is 1. The van der Waals surface area contributed by atoms with E-state index in [9.17, 15) is 9.59 Å². The van der Waals surface area contributed by atoms with Crippen LogP contribution in [-0.4, -0.2) is 18.0 Å². The van der Waals surface area contributed by atoms with Crippen molar-refractivity contribution in [3.8, 4) is 5.75 Å². The van der Waals surface area contributed by atoms with Crippen molar-refractivity contribution in [3.63, 3.8) is 0 Å². The molecule has 0 aliphatic rings. The number of halogens is 1. The van der Waals surface area contributed by atoms with Crippen molar-refractivity contribution in [2.75, 3.05) is 0 Å². The molecule has 0 N–H and O–H groups in total. The zero-order valence-corrected chi connectivity index (χ0v) is 13.2. The second kappa shape index (κ2) is 9.40. The van der Waals surface area contributed by atoms with Gasteiger partial charge in [0.1, 0.15) is 5.75 Å². The first-order valence-electron chi connectivity index (χ1n) is 7.17. The van der Waals surface area contributed by atoms with Gasteiger partial charge in [0.2, 0.25) is 0 Å². The molecular formula is C16H21ClO4. The lowest BCUT2D eigenvalue weighted by atomic mass is 10.2. The Bertz CT molecular complexity index is 473. The highest BCUT2D eigenvalue weighted by Gasteiger charge is 2.13. The number of ether oxygens (including phenoxy) is 2. The number of unbranched alkanes of at least 4 members (excludes halogenated alkanes) is 1. The zero-order valence-electron chi connectivity index (χ0n) is 12.4. The van der Waals surface area contributed by atoms with E-state index < -0.39 is 5.97 Å². The van der Waals surface area contributed by atoms with E-state index in [0.717, 1.165) is 19.3 Å². The summed E-state index contributed by atoms with van der Waals surface area (Å²) in [5, 5.41) is 0.490. The molecule has 116 valence electrons. The summed E-state index contributed by atoms with van der Waals surface area (Å²) in [6.07, 6.45) is 2.83. The Hall–Kier alpha value is -1.55. The molecule has 1 rings (SSSR count). The van der Waals surface area contributed by atoms with Crippen molar-refractivity contribution in [1.29, 1.82) is 0 Å². The summed E-state index contributed by atoms with van der Waals surface area (Å²) in [7, 11) is 0. The van der Waals surface area contributed by atoms with E-state index in [1.807, 2.05) is 6.92 Å². The Morgan fingerprint density at radius 1 is 1.24 bits per heavy atom. The van der Waals surface area contributed by atoms with E-state index in [0.29, 0.717) is 10.8 Å². The quantitative estimate of drug-likeness (QED) is 0.534. The van der Waals surface area contributed by atoms with Crippen LogP contribution in [0.4, 0.5) is 0 Å². The van der Waals surface area contributed by atoms with Gasteiger partial charge in [-0.15, -0.1) is 0 Å². The highest BCUT2D eigenvalue weighted by atomic mass is 35.5. The molecule has 1 unspecified atom stereocenters. The van der Waals surface area contributed by atoms with Gasteiger partial charge in [-0.2, -0.15) is 0 Å². The molecule has 0 aromatic heterocycles. The molecule has 1 atom stereocenters. The molecule has 0 fully saturated rings. The molecule has 1 aromatic carbocycles. The maximum absolute atomic E-state index is 11.6. The minimum atomic E-state index is -0.476. The largest absolute Gasteiger partial charge is 0.463 e. The molecule has 0 heterocycles. The zero-order chi connectivity index (χ0) is 15.7.